The lowest BCUT2D eigenvalue weighted by Gasteiger charge is -2.09. The Hall–Kier alpha value is -0.980. The normalized spacial score (nSPS) is 10.8. The van der Waals surface area contributed by atoms with Crippen molar-refractivity contribution in [3.8, 4) is 5.69 Å². The molecule has 0 unspecified atom stereocenters. The van der Waals surface area contributed by atoms with Crippen molar-refractivity contribution in [2.45, 2.75) is 6.54 Å². The van der Waals surface area contributed by atoms with E-state index in [9.17, 15) is 4.39 Å². The molecule has 0 spiro atoms. The van der Waals surface area contributed by atoms with Gasteiger partial charge in [-0.15, -0.1) is 5.10 Å². The molecule has 2 aromatic rings. The number of aromatic nitrogens is 3. The van der Waals surface area contributed by atoms with E-state index >= 15 is 0 Å². The summed E-state index contributed by atoms with van der Waals surface area (Å²) in [5.74, 6) is -0.421. The van der Waals surface area contributed by atoms with Gasteiger partial charge in [0.25, 0.3) is 0 Å². The van der Waals surface area contributed by atoms with Crippen LogP contribution in [0, 0.1) is 5.82 Å². The molecule has 2 N–H and O–H groups in total. The SMILES string of the molecule is NCc1cnnn1-c1c(Cl)cc(F)cc1Br. The molecule has 7 heteroatoms. The molecule has 0 radical (unpaired) electrons. The molecule has 0 aliphatic carbocycles. The Morgan fingerprint density at radius 1 is 1.50 bits per heavy atom. The van der Waals surface area contributed by atoms with Crippen molar-refractivity contribution in [3.05, 3.63) is 39.3 Å². The first-order valence-corrected chi connectivity index (χ1v) is 5.55. The number of nitrogens with two attached hydrogens (primary N) is 1. The van der Waals surface area contributed by atoms with E-state index in [-0.39, 0.29) is 11.6 Å². The van der Waals surface area contributed by atoms with Gasteiger partial charge in [0.2, 0.25) is 0 Å². The van der Waals surface area contributed by atoms with E-state index < -0.39 is 5.82 Å². The number of nitrogens with zero attached hydrogens (tertiary/aromatic N) is 3. The summed E-state index contributed by atoms with van der Waals surface area (Å²) in [6, 6.07) is 2.52. The van der Waals surface area contributed by atoms with Crippen molar-refractivity contribution in [3.63, 3.8) is 0 Å². The molecule has 0 bridgehead atoms. The molecule has 1 aromatic carbocycles. The molecule has 0 amide bonds. The van der Waals surface area contributed by atoms with E-state index in [0.717, 1.165) is 0 Å². The molecular weight excluding hydrogens is 298 g/mol. The lowest BCUT2D eigenvalue weighted by atomic mass is 10.3. The quantitative estimate of drug-likeness (QED) is 0.926. The van der Waals surface area contributed by atoms with Gasteiger partial charge < -0.3 is 5.73 Å². The van der Waals surface area contributed by atoms with Crippen molar-refractivity contribution < 1.29 is 4.39 Å². The van der Waals surface area contributed by atoms with Gasteiger partial charge in [0.1, 0.15) is 5.82 Å². The molecule has 0 aliphatic heterocycles. The molecule has 0 aliphatic rings. The average Bonchev–Trinajstić information content (AvgIpc) is 2.64. The third-order valence-corrected chi connectivity index (χ3v) is 2.92. The van der Waals surface area contributed by atoms with Crippen molar-refractivity contribution in [2.24, 2.45) is 5.73 Å². The minimum atomic E-state index is -0.421. The maximum atomic E-state index is 13.0. The summed E-state index contributed by atoms with van der Waals surface area (Å²) in [6.45, 7) is 0.271. The smallest absolute Gasteiger partial charge is 0.125 e. The van der Waals surface area contributed by atoms with Crippen LogP contribution in [0.1, 0.15) is 5.69 Å². The summed E-state index contributed by atoms with van der Waals surface area (Å²) < 4.78 is 15.0. The van der Waals surface area contributed by atoms with Crippen LogP contribution in [0.2, 0.25) is 5.02 Å². The molecular formula is C9H7BrClFN4. The first kappa shape index (κ1) is 11.5. The maximum Gasteiger partial charge on any atom is 0.125 e. The van der Waals surface area contributed by atoms with Gasteiger partial charge in [-0.2, -0.15) is 0 Å². The second-order valence-corrected chi connectivity index (χ2v) is 4.32. The van der Waals surface area contributed by atoms with Gasteiger partial charge in [0.15, 0.2) is 0 Å². The Kier molecular flexibility index (Phi) is 3.22. The van der Waals surface area contributed by atoms with Crippen LogP contribution in [0.25, 0.3) is 5.69 Å². The van der Waals surface area contributed by atoms with Gasteiger partial charge in [-0.05, 0) is 28.1 Å². The van der Waals surface area contributed by atoms with Crippen molar-refractivity contribution in [1.29, 1.82) is 0 Å². The van der Waals surface area contributed by atoms with E-state index in [4.69, 9.17) is 17.3 Å². The van der Waals surface area contributed by atoms with Crippen molar-refractivity contribution in [2.75, 3.05) is 0 Å². The first-order chi connectivity index (χ1) is 7.63. The van der Waals surface area contributed by atoms with Crippen LogP contribution in [0.15, 0.2) is 22.8 Å². The molecule has 2 rings (SSSR count). The summed E-state index contributed by atoms with van der Waals surface area (Å²) in [4.78, 5) is 0. The van der Waals surface area contributed by atoms with E-state index in [1.54, 1.807) is 0 Å². The fraction of sp³-hybridized carbons (Fsp3) is 0.111. The Morgan fingerprint density at radius 3 is 2.88 bits per heavy atom. The Morgan fingerprint density at radius 2 is 2.25 bits per heavy atom. The molecule has 0 saturated carbocycles. The van der Waals surface area contributed by atoms with Gasteiger partial charge >= 0.3 is 0 Å². The largest absolute Gasteiger partial charge is 0.325 e. The van der Waals surface area contributed by atoms with Crippen molar-refractivity contribution in [1.82, 2.24) is 15.0 Å². The lowest BCUT2D eigenvalue weighted by molar-refractivity contribution is 0.625. The zero-order chi connectivity index (χ0) is 11.7. The highest BCUT2D eigenvalue weighted by Gasteiger charge is 2.13. The van der Waals surface area contributed by atoms with Crippen LogP contribution in [0.4, 0.5) is 4.39 Å². The van der Waals surface area contributed by atoms with E-state index in [1.807, 2.05) is 0 Å². The first-order valence-electron chi connectivity index (χ1n) is 4.38. The number of rotatable bonds is 2. The lowest BCUT2D eigenvalue weighted by Crippen LogP contribution is -2.08. The number of hydrogen-bond acceptors (Lipinski definition) is 3. The Labute approximate surface area is 104 Å². The van der Waals surface area contributed by atoms with Gasteiger partial charge in [0.05, 0.1) is 22.6 Å². The van der Waals surface area contributed by atoms with Crippen molar-refractivity contribution >= 4 is 27.5 Å². The molecule has 1 aromatic heterocycles. The molecule has 16 heavy (non-hydrogen) atoms. The third-order valence-electron chi connectivity index (χ3n) is 2.02. The highest BCUT2D eigenvalue weighted by atomic mass is 79.9. The minimum Gasteiger partial charge on any atom is -0.325 e. The third kappa shape index (κ3) is 1.95. The van der Waals surface area contributed by atoms with E-state index in [0.29, 0.717) is 15.9 Å². The molecule has 0 fully saturated rings. The van der Waals surface area contributed by atoms with Crippen LogP contribution in [0.5, 0.6) is 0 Å². The predicted octanol–water partition coefficient (Wildman–Crippen LogP) is 2.28. The van der Waals surface area contributed by atoms with Crippen LogP contribution in [-0.2, 0) is 6.54 Å². The standard InChI is InChI=1S/C9H7BrClFN4/c10-7-1-5(12)2-8(11)9(7)16-6(3-13)4-14-15-16/h1-2,4H,3,13H2. The van der Waals surface area contributed by atoms with Gasteiger partial charge in [-0.1, -0.05) is 16.8 Å². The monoisotopic (exact) mass is 304 g/mol. The zero-order valence-corrected chi connectivity index (χ0v) is 10.3. The molecule has 84 valence electrons. The second kappa shape index (κ2) is 4.48. The van der Waals surface area contributed by atoms with Crippen LogP contribution >= 0.6 is 27.5 Å². The predicted molar refractivity (Wildman–Crippen MR) is 61.9 cm³/mol. The van der Waals surface area contributed by atoms with Gasteiger partial charge in [0, 0.05) is 11.0 Å². The molecule has 1 heterocycles. The summed E-state index contributed by atoms with van der Waals surface area (Å²) in [6.07, 6.45) is 1.53. The molecule has 0 saturated heterocycles. The minimum absolute atomic E-state index is 0.243. The second-order valence-electron chi connectivity index (χ2n) is 3.06. The van der Waals surface area contributed by atoms with Crippen LogP contribution in [-0.4, -0.2) is 15.0 Å². The topological polar surface area (TPSA) is 56.7 Å². The van der Waals surface area contributed by atoms with Gasteiger partial charge in [-0.3, -0.25) is 0 Å². The summed E-state index contributed by atoms with van der Waals surface area (Å²) in [7, 11) is 0. The highest BCUT2D eigenvalue weighted by Crippen LogP contribution is 2.30. The summed E-state index contributed by atoms with van der Waals surface area (Å²) >= 11 is 9.18. The average molecular weight is 306 g/mol. The summed E-state index contributed by atoms with van der Waals surface area (Å²) in [5, 5.41) is 7.83. The number of benzene rings is 1. The number of halogens is 3. The van der Waals surface area contributed by atoms with Crippen LogP contribution in [0.3, 0.4) is 0 Å². The Balaban J connectivity index is 2.64. The Bertz CT molecular complexity index is 505. The maximum absolute atomic E-state index is 13.0. The molecule has 0 atom stereocenters. The fourth-order valence-corrected chi connectivity index (χ4v) is 2.32. The highest BCUT2D eigenvalue weighted by molar-refractivity contribution is 9.10. The zero-order valence-electron chi connectivity index (χ0n) is 7.99. The molecule has 4 nitrogen and oxygen atoms in total. The van der Waals surface area contributed by atoms with Gasteiger partial charge in [-0.25, -0.2) is 9.07 Å². The number of hydrogen-bond donors (Lipinski definition) is 1. The fourth-order valence-electron chi connectivity index (χ4n) is 1.32. The van der Waals surface area contributed by atoms with E-state index in [2.05, 4.69) is 26.2 Å². The van der Waals surface area contributed by atoms with E-state index in [1.165, 1.54) is 23.0 Å². The van der Waals surface area contributed by atoms with Crippen LogP contribution < -0.4 is 5.73 Å². The summed E-state index contributed by atoms with van der Waals surface area (Å²) in [5.41, 5.74) is 6.75.